The minimum absolute atomic E-state index is 0.539. The van der Waals surface area contributed by atoms with E-state index < -0.39 is 0 Å². The summed E-state index contributed by atoms with van der Waals surface area (Å²) in [5.74, 6) is 2.01. The predicted octanol–water partition coefficient (Wildman–Crippen LogP) is 2.42. The number of halogens is 1. The van der Waals surface area contributed by atoms with E-state index >= 15 is 0 Å². The van der Waals surface area contributed by atoms with Crippen LogP contribution >= 0.6 is 11.6 Å². The zero-order valence-corrected chi connectivity index (χ0v) is 9.89. The fraction of sp³-hybridized carbons (Fsp3) is 0.167. The maximum Gasteiger partial charge on any atom is 0.164 e. The van der Waals surface area contributed by atoms with Crippen molar-refractivity contribution < 1.29 is 4.74 Å². The molecule has 1 heterocycles. The molecule has 2 rings (SSSR count). The van der Waals surface area contributed by atoms with E-state index in [1.165, 1.54) is 0 Å². The number of hydrogen-bond donors (Lipinski definition) is 1. The molecule has 0 spiro atoms. The van der Waals surface area contributed by atoms with Crippen LogP contribution in [-0.2, 0) is 6.42 Å². The Morgan fingerprint density at radius 1 is 1.06 bits per heavy atom. The Labute approximate surface area is 104 Å². The van der Waals surface area contributed by atoms with Gasteiger partial charge in [-0.25, -0.2) is 9.97 Å². The summed E-state index contributed by atoms with van der Waals surface area (Å²) >= 11 is 5.78. The second-order valence-corrected chi connectivity index (χ2v) is 3.87. The molecule has 0 fully saturated rings. The lowest BCUT2D eigenvalue weighted by Gasteiger charge is -2.05. The van der Waals surface area contributed by atoms with Crippen molar-refractivity contribution in [3.63, 3.8) is 0 Å². The van der Waals surface area contributed by atoms with E-state index in [1.54, 1.807) is 36.7 Å². The lowest BCUT2D eigenvalue weighted by atomic mass is 10.3. The van der Waals surface area contributed by atoms with Crippen molar-refractivity contribution in [2.75, 3.05) is 6.54 Å². The molecule has 0 unspecified atom stereocenters. The summed E-state index contributed by atoms with van der Waals surface area (Å²) in [5, 5.41) is 0.673. The highest BCUT2D eigenvalue weighted by Gasteiger charge is 1.99. The highest BCUT2D eigenvalue weighted by Crippen LogP contribution is 2.21. The summed E-state index contributed by atoms with van der Waals surface area (Å²) in [7, 11) is 0. The van der Waals surface area contributed by atoms with Crippen LogP contribution in [0.15, 0.2) is 36.7 Å². The molecular weight excluding hydrogens is 238 g/mol. The monoisotopic (exact) mass is 249 g/mol. The molecule has 0 aliphatic rings. The lowest BCUT2D eigenvalue weighted by Crippen LogP contribution is -2.06. The highest BCUT2D eigenvalue weighted by atomic mass is 35.5. The van der Waals surface area contributed by atoms with Crippen LogP contribution in [0.25, 0.3) is 0 Å². The van der Waals surface area contributed by atoms with E-state index in [1.807, 2.05) is 0 Å². The molecule has 2 aromatic rings. The van der Waals surface area contributed by atoms with Gasteiger partial charge in [-0.1, -0.05) is 11.6 Å². The normalized spacial score (nSPS) is 10.2. The molecule has 88 valence electrons. The number of benzene rings is 1. The van der Waals surface area contributed by atoms with Gasteiger partial charge >= 0.3 is 0 Å². The Kier molecular flexibility index (Phi) is 3.90. The molecule has 0 radical (unpaired) electrons. The summed E-state index contributed by atoms with van der Waals surface area (Å²) in [6.45, 7) is 0.539. The number of nitrogens with two attached hydrogens (primary N) is 1. The Morgan fingerprint density at radius 2 is 1.71 bits per heavy atom. The first-order chi connectivity index (χ1) is 8.28. The molecular formula is C12H12ClN3O. The highest BCUT2D eigenvalue weighted by molar-refractivity contribution is 6.30. The van der Waals surface area contributed by atoms with Gasteiger partial charge in [0, 0.05) is 11.4 Å². The van der Waals surface area contributed by atoms with Gasteiger partial charge in [0.1, 0.15) is 11.6 Å². The molecule has 1 aromatic heterocycles. The van der Waals surface area contributed by atoms with Gasteiger partial charge < -0.3 is 10.5 Å². The van der Waals surface area contributed by atoms with Crippen molar-refractivity contribution in [3.8, 4) is 11.5 Å². The number of rotatable bonds is 4. The summed E-state index contributed by atoms with van der Waals surface area (Å²) in [5.41, 5.74) is 5.41. The van der Waals surface area contributed by atoms with Crippen molar-refractivity contribution in [2.45, 2.75) is 6.42 Å². The van der Waals surface area contributed by atoms with E-state index in [4.69, 9.17) is 22.1 Å². The SMILES string of the molecule is NCCc1ncc(Oc2ccc(Cl)cc2)cn1. The van der Waals surface area contributed by atoms with Crippen molar-refractivity contribution in [2.24, 2.45) is 5.73 Å². The van der Waals surface area contributed by atoms with Crippen LogP contribution in [0.1, 0.15) is 5.82 Å². The zero-order chi connectivity index (χ0) is 12.1. The molecule has 2 N–H and O–H groups in total. The first kappa shape index (κ1) is 11.8. The van der Waals surface area contributed by atoms with Gasteiger partial charge in [0.2, 0.25) is 0 Å². The van der Waals surface area contributed by atoms with E-state index in [2.05, 4.69) is 9.97 Å². The van der Waals surface area contributed by atoms with Gasteiger partial charge in [-0.05, 0) is 30.8 Å². The van der Waals surface area contributed by atoms with Crippen LogP contribution in [0.4, 0.5) is 0 Å². The van der Waals surface area contributed by atoms with Gasteiger partial charge in [0.05, 0.1) is 12.4 Å². The molecule has 5 heteroatoms. The Bertz CT molecular complexity index is 470. The third kappa shape index (κ3) is 3.41. The second kappa shape index (κ2) is 5.61. The van der Waals surface area contributed by atoms with Crippen LogP contribution in [0.3, 0.4) is 0 Å². The molecule has 0 amide bonds. The average molecular weight is 250 g/mol. The largest absolute Gasteiger partial charge is 0.454 e. The zero-order valence-electron chi connectivity index (χ0n) is 9.14. The minimum atomic E-state index is 0.539. The smallest absolute Gasteiger partial charge is 0.164 e. The first-order valence-electron chi connectivity index (χ1n) is 5.22. The molecule has 1 aromatic carbocycles. The Morgan fingerprint density at radius 3 is 2.29 bits per heavy atom. The van der Waals surface area contributed by atoms with E-state index in [-0.39, 0.29) is 0 Å². The first-order valence-corrected chi connectivity index (χ1v) is 5.60. The molecule has 4 nitrogen and oxygen atoms in total. The minimum Gasteiger partial charge on any atom is -0.454 e. The fourth-order valence-corrected chi connectivity index (χ4v) is 1.42. The summed E-state index contributed by atoms with van der Waals surface area (Å²) < 4.78 is 5.55. The quantitative estimate of drug-likeness (QED) is 0.904. The van der Waals surface area contributed by atoms with Crippen molar-refractivity contribution in [1.82, 2.24) is 9.97 Å². The third-order valence-corrected chi connectivity index (χ3v) is 2.35. The van der Waals surface area contributed by atoms with E-state index in [0.717, 1.165) is 5.82 Å². The fourth-order valence-electron chi connectivity index (χ4n) is 1.29. The lowest BCUT2D eigenvalue weighted by molar-refractivity contribution is 0.476. The molecule has 0 aliphatic carbocycles. The van der Waals surface area contributed by atoms with Gasteiger partial charge in [-0.15, -0.1) is 0 Å². The van der Waals surface area contributed by atoms with Crippen LogP contribution in [0, 0.1) is 0 Å². The Hall–Kier alpha value is -1.65. The number of aromatic nitrogens is 2. The van der Waals surface area contributed by atoms with Gasteiger partial charge in [0.15, 0.2) is 5.75 Å². The second-order valence-electron chi connectivity index (χ2n) is 3.43. The van der Waals surface area contributed by atoms with Gasteiger partial charge in [-0.2, -0.15) is 0 Å². The standard InChI is InChI=1S/C12H12ClN3O/c13-9-1-3-10(4-2-9)17-11-7-15-12(5-6-14)16-8-11/h1-4,7-8H,5-6,14H2. The van der Waals surface area contributed by atoms with E-state index in [0.29, 0.717) is 29.5 Å². The molecule has 0 saturated carbocycles. The van der Waals surface area contributed by atoms with E-state index in [9.17, 15) is 0 Å². The average Bonchev–Trinajstić information content (AvgIpc) is 2.35. The van der Waals surface area contributed by atoms with Crippen LogP contribution in [-0.4, -0.2) is 16.5 Å². The Balaban J connectivity index is 2.05. The maximum absolute atomic E-state index is 5.78. The van der Waals surface area contributed by atoms with Crippen LogP contribution in [0.5, 0.6) is 11.5 Å². The van der Waals surface area contributed by atoms with Crippen molar-refractivity contribution >= 4 is 11.6 Å². The van der Waals surface area contributed by atoms with Crippen LogP contribution in [0.2, 0.25) is 5.02 Å². The number of hydrogen-bond acceptors (Lipinski definition) is 4. The predicted molar refractivity (Wildman–Crippen MR) is 66.3 cm³/mol. The van der Waals surface area contributed by atoms with Crippen molar-refractivity contribution in [1.29, 1.82) is 0 Å². The maximum atomic E-state index is 5.78. The molecule has 0 atom stereocenters. The van der Waals surface area contributed by atoms with Crippen molar-refractivity contribution in [3.05, 3.63) is 47.5 Å². The summed E-state index contributed by atoms with van der Waals surface area (Å²) in [4.78, 5) is 8.28. The molecule has 0 aliphatic heterocycles. The third-order valence-electron chi connectivity index (χ3n) is 2.10. The molecule has 0 saturated heterocycles. The summed E-state index contributed by atoms with van der Waals surface area (Å²) in [6, 6.07) is 7.10. The van der Waals surface area contributed by atoms with Crippen LogP contribution < -0.4 is 10.5 Å². The molecule has 0 bridgehead atoms. The number of ether oxygens (including phenoxy) is 1. The van der Waals surface area contributed by atoms with Gasteiger partial charge in [0.25, 0.3) is 0 Å². The molecule has 17 heavy (non-hydrogen) atoms. The topological polar surface area (TPSA) is 61.0 Å². The number of nitrogens with zero attached hydrogens (tertiary/aromatic N) is 2. The summed E-state index contributed by atoms with van der Waals surface area (Å²) in [6.07, 6.45) is 3.93. The van der Waals surface area contributed by atoms with Gasteiger partial charge in [-0.3, -0.25) is 0 Å².